The van der Waals surface area contributed by atoms with Crippen LogP contribution < -0.4 is 14.8 Å². The SMILES string of the molecule is COc1ccc(O[C@H](C)C(=O)Nc2ccccc2C#N)cc1. The summed E-state index contributed by atoms with van der Waals surface area (Å²) in [4.78, 5) is 12.1. The zero-order chi connectivity index (χ0) is 15.9. The molecule has 0 fully saturated rings. The first-order valence-electron chi connectivity index (χ1n) is 6.74. The normalized spacial score (nSPS) is 11.1. The Hall–Kier alpha value is -3.00. The summed E-state index contributed by atoms with van der Waals surface area (Å²) in [5, 5.41) is 11.7. The minimum Gasteiger partial charge on any atom is -0.497 e. The van der Waals surface area contributed by atoms with E-state index in [0.29, 0.717) is 22.7 Å². The van der Waals surface area contributed by atoms with E-state index in [-0.39, 0.29) is 5.91 Å². The minimum absolute atomic E-state index is 0.321. The number of methoxy groups -OCH3 is 1. The molecular formula is C17H16N2O3. The van der Waals surface area contributed by atoms with Gasteiger partial charge in [0.05, 0.1) is 18.4 Å². The highest BCUT2D eigenvalue weighted by Crippen LogP contribution is 2.19. The summed E-state index contributed by atoms with van der Waals surface area (Å²) >= 11 is 0. The Bertz CT molecular complexity index is 690. The number of hydrogen-bond donors (Lipinski definition) is 1. The summed E-state index contributed by atoms with van der Waals surface area (Å²) in [5.74, 6) is 0.961. The summed E-state index contributed by atoms with van der Waals surface area (Å²) in [6.07, 6.45) is -0.694. The summed E-state index contributed by atoms with van der Waals surface area (Å²) in [6.45, 7) is 1.65. The highest BCUT2D eigenvalue weighted by molar-refractivity contribution is 5.95. The number of anilines is 1. The maximum atomic E-state index is 12.1. The van der Waals surface area contributed by atoms with E-state index in [1.165, 1.54) is 0 Å². The molecule has 1 N–H and O–H groups in total. The second-order valence-electron chi connectivity index (χ2n) is 4.58. The molecule has 0 heterocycles. The van der Waals surface area contributed by atoms with Crippen LogP contribution in [0.3, 0.4) is 0 Å². The molecule has 2 aromatic carbocycles. The van der Waals surface area contributed by atoms with E-state index in [9.17, 15) is 4.79 Å². The Labute approximate surface area is 129 Å². The molecule has 2 rings (SSSR count). The molecule has 0 radical (unpaired) electrons. The maximum Gasteiger partial charge on any atom is 0.265 e. The van der Waals surface area contributed by atoms with E-state index in [1.54, 1.807) is 62.6 Å². The molecule has 112 valence electrons. The molecule has 0 saturated carbocycles. The molecule has 0 saturated heterocycles. The Morgan fingerprint density at radius 1 is 1.14 bits per heavy atom. The third-order valence-corrected chi connectivity index (χ3v) is 3.05. The lowest BCUT2D eigenvalue weighted by Gasteiger charge is -2.15. The van der Waals surface area contributed by atoms with Crippen molar-refractivity contribution in [2.45, 2.75) is 13.0 Å². The predicted molar refractivity (Wildman–Crippen MR) is 82.9 cm³/mol. The number of para-hydroxylation sites is 1. The predicted octanol–water partition coefficient (Wildman–Crippen LogP) is 2.97. The van der Waals surface area contributed by atoms with E-state index in [1.807, 2.05) is 6.07 Å². The lowest BCUT2D eigenvalue weighted by atomic mass is 10.2. The molecule has 0 aliphatic carbocycles. The number of benzene rings is 2. The summed E-state index contributed by atoms with van der Waals surface area (Å²) in [7, 11) is 1.58. The first-order chi connectivity index (χ1) is 10.6. The van der Waals surface area contributed by atoms with Gasteiger partial charge in [0.25, 0.3) is 5.91 Å². The molecule has 5 nitrogen and oxygen atoms in total. The summed E-state index contributed by atoms with van der Waals surface area (Å²) in [5.41, 5.74) is 0.882. The molecule has 5 heteroatoms. The monoisotopic (exact) mass is 296 g/mol. The third-order valence-electron chi connectivity index (χ3n) is 3.05. The number of ether oxygens (including phenoxy) is 2. The molecule has 2 aromatic rings. The largest absolute Gasteiger partial charge is 0.497 e. The van der Waals surface area contributed by atoms with Crippen molar-refractivity contribution in [1.82, 2.24) is 0 Å². The second kappa shape index (κ2) is 7.14. The van der Waals surface area contributed by atoms with Crippen molar-refractivity contribution in [2.75, 3.05) is 12.4 Å². The Morgan fingerprint density at radius 3 is 2.41 bits per heavy atom. The van der Waals surface area contributed by atoms with Gasteiger partial charge in [-0.3, -0.25) is 4.79 Å². The van der Waals surface area contributed by atoms with Crippen molar-refractivity contribution < 1.29 is 14.3 Å². The molecule has 0 bridgehead atoms. The average molecular weight is 296 g/mol. The molecule has 0 aromatic heterocycles. The number of nitrogens with zero attached hydrogens (tertiary/aromatic N) is 1. The zero-order valence-electron chi connectivity index (χ0n) is 12.4. The topological polar surface area (TPSA) is 71.3 Å². The lowest BCUT2D eigenvalue weighted by Crippen LogP contribution is -2.30. The smallest absolute Gasteiger partial charge is 0.265 e. The van der Waals surface area contributed by atoms with Gasteiger partial charge in [-0.1, -0.05) is 12.1 Å². The molecule has 1 amide bonds. The number of hydrogen-bond acceptors (Lipinski definition) is 4. The van der Waals surface area contributed by atoms with Gasteiger partial charge < -0.3 is 14.8 Å². The Kier molecular flexibility index (Phi) is 4.99. The van der Waals surface area contributed by atoms with Crippen molar-refractivity contribution in [3.05, 3.63) is 54.1 Å². The van der Waals surface area contributed by atoms with E-state index < -0.39 is 6.10 Å². The maximum absolute atomic E-state index is 12.1. The van der Waals surface area contributed by atoms with E-state index in [4.69, 9.17) is 14.7 Å². The van der Waals surface area contributed by atoms with Crippen LogP contribution in [0, 0.1) is 11.3 Å². The van der Waals surface area contributed by atoms with Crippen LogP contribution >= 0.6 is 0 Å². The Balaban J connectivity index is 2.01. The summed E-state index contributed by atoms with van der Waals surface area (Å²) in [6, 6.07) is 15.8. The third kappa shape index (κ3) is 3.76. The van der Waals surface area contributed by atoms with E-state index in [2.05, 4.69) is 5.32 Å². The van der Waals surface area contributed by atoms with E-state index >= 15 is 0 Å². The van der Waals surface area contributed by atoms with Gasteiger partial charge >= 0.3 is 0 Å². The van der Waals surface area contributed by atoms with Crippen molar-refractivity contribution in [2.24, 2.45) is 0 Å². The summed E-state index contributed by atoms with van der Waals surface area (Å²) < 4.78 is 10.6. The fourth-order valence-electron chi connectivity index (χ4n) is 1.84. The molecule has 0 aliphatic rings. The molecule has 22 heavy (non-hydrogen) atoms. The number of carbonyl (C=O) groups excluding carboxylic acids is 1. The molecule has 0 aliphatic heterocycles. The molecule has 0 spiro atoms. The van der Waals surface area contributed by atoms with Crippen LogP contribution in [0.15, 0.2) is 48.5 Å². The zero-order valence-corrected chi connectivity index (χ0v) is 12.4. The van der Waals surface area contributed by atoms with Crippen molar-refractivity contribution in [3.63, 3.8) is 0 Å². The fraction of sp³-hybridized carbons (Fsp3) is 0.176. The van der Waals surface area contributed by atoms with Gasteiger partial charge in [0.2, 0.25) is 0 Å². The average Bonchev–Trinajstić information content (AvgIpc) is 2.56. The minimum atomic E-state index is -0.694. The van der Waals surface area contributed by atoms with Crippen LogP contribution in [0.25, 0.3) is 0 Å². The van der Waals surface area contributed by atoms with Gasteiger partial charge in [-0.15, -0.1) is 0 Å². The van der Waals surface area contributed by atoms with Crippen molar-refractivity contribution in [1.29, 1.82) is 5.26 Å². The van der Waals surface area contributed by atoms with Crippen LogP contribution in [0.2, 0.25) is 0 Å². The van der Waals surface area contributed by atoms with Gasteiger partial charge in [0.1, 0.15) is 17.6 Å². The second-order valence-corrected chi connectivity index (χ2v) is 4.58. The fourth-order valence-corrected chi connectivity index (χ4v) is 1.84. The molecular weight excluding hydrogens is 280 g/mol. The van der Waals surface area contributed by atoms with Crippen molar-refractivity contribution in [3.8, 4) is 17.6 Å². The Morgan fingerprint density at radius 2 is 1.77 bits per heavy atom. The molecule has 1 atom stereocenters. The number of amides is 1. The van der Waals surface area contributed by atoms with Crippen LogP contribution in [-0.2, 0) is 4.79 Å². The molecule has 0 unspecified atom stereocenters. The van der Waals surface area contributed by atoms with E-state index in [0.717, 1.165) is 0 Å². The van der Waals surface area contributed by atoms with Gasteiger partial charge in [0.15, 0.2) is 6.10 Å². The highest BCUT2D eigenvalue weighted by Gasteiger charge is 2.16. The van der Waals surface area contributed by atoms with Crippen LogP contribution in [0.1, 0.15) is 12.5 Å². The van der Waals surface area contributed by atoms with Gasteiger partial charge in [0, 0.05) is 0 Å². The number of nitriles is 1. The number of rotatable bonds is 5. The lowest BCUT2D eigenvalue weighted by molar-refractivity contribution is -0.122. The standard InChI is InChI=1S/C17H16N2O3/c1-12(22-15-9-7-14(21-2)8-10-15)17(20)19-16-6-4-3-5-13(16)11-18/h3-10,12H,1-2H3,(H,19,20)/t12-/m1/s1. The van der Waals surface area contributed by atoms with Crippen LogP contribution in [-0.4, -0.2) is 19.1 Å². The van der Waals surface area contributed by atoms with Crippen LogP contribution in [0.5, 0.6) is 11.5 Å². The number of carbonyl (C=O) groups is 1. The van der Waals surface area contributed by atoms with Gasteiger partial charge in [-0.2, -0.15) is 5.26 Å². The highest BCUT2D eigenvalue weighted by atomic mass is 16.5. The van der Waals surface area contributed by atoms with Crippen LogP contribution in [0.4, 0.5) is 5.69 Å². The van der Waals surface area contributed by atoms with Gasteiger partial charge in [-0.05, 0) is 43.3 Å². The first kappa shape index (κ1) is 15.4. The first-order valence-corrected chi connectivity index (χ1v) is 6.74. The van der Waals surface area contributed by atoms with Crippen molar-refractivity contribution >= 4 is 11.6 Å². The van der Waals surface area contributed by atoms with Gasteiger partial charge in [-0.25, -0.2) is 0 Å². The quantitative estimate of drug-likeness (QED) is 0.920. The number of nitrogens with one attached hydrogen (secondary N) is 1.